The first kappa shape index (κ1) is 15.5. The summed E-state index contributed by atoms with van der Waals surface area (Å²) in [7, 11) is 0. The smallest absolute Gasteiger partial charge is 0.255 e. The minimum absolute atomic E-state index is 0.0166. The number of amides is 1. The van der Waals surface area contributed by atoms with Gasteiger partial charge in [0.2, 0.25) is 0 Å². The molecule has 0 unspecified atom stereocenters. The molecule has 1 saturated heterocycles. The van der Waals surface area contributed by atoms with E-state index in [0.717, 1.165) is 18.2 Å². The lowest BCUT2D eigenvalue weighted by Gasteiger charge is -2.16. The Hall–Kier alpha value is -2.75. The Kier molecular flexibility index (Phi) is 3.52. The van der Waals surface area contributed by atoms with Crippen molar-refractivity contribution in [3.8, 4) is 6.07 Å². The van der Waals surface area contributed by atoms with E-state index in [1.165, 1.54) is 31.9 Å². The lowest BCUT2D eigenvalue weighted by molar-refractivity contribution is 0.0784. The van der Waals surface area contributed by atoms with Gasteiger partial charge in [0, 0.05) is 31.1 Å². The maximum absolute atomic E-state index is 12.9. The van der Waals surface area contributed by atoms with Crippen LogP contribution in [0.3, 0.4) is 0 Å². The number of rotatable bonds is 4. The Morgan fingerprint density at radius 1 is 1.23 bits per heavy atom. The number of hydrogen-bond acceptors (Lipinski definition) is 5. The molecule has 3 fully saturated rings. The average Bonchev–Trinajstić information content (AvgIpc) is 3.61. The first-order valence-corrected chi connectivity index (χ1v) is 9.30. The molecule has 2 saturated carbocycles. The molecule has 2 aliphatic carbocycles. The van der Waals surface area contributed by atoms with Crippen LogP contribution in [0.4, 0.5) is 0 Å². The second-order valence-corrected chi connectivity index (χ2v) is 7.71. The SMILES string of the molecule is N#Cc1ccc(C(=O)N2C[C@H](c3nc(C4CC4)n[nH]3)[C@@H](C3CC3)C2)cn1. The number of aromatic amines is 1. The van der Waals surface area contributed by atoms with Crippen LogP contribution in [0.1, 0.15) is 65.2 Å². The molecule has 0 spiro atoms. The fourth-order valence-electron chi connectivity index (χ4n) is 4.03. The van der Waals surface area contributed by atoms with Gasteiger partial charge in [0.1, 0.15) is 17.6 Å². The van der Waals surface area contributed by atoms with Crippen LogP contribution in [0.25, 0.3) is 0 Å². The Labute approximate surface area is 151 Å². The van der Waals surface area contributed by atoms with E-state index in [4.69, 9.17) is 10.2 Å². The minimum atomic E-state index is -0.0166. The molecule has 0 aromatic carbocycles. The van der Waals surface area contributed by atoms with Crippen LogP contribution < -0.4 is 0 Å². The number of aromatic nitrogens is 4. The number of nitriles is 1. The summed E-state index contributed by atoms with van der Waals surface area (Å²) in [5.41, 5.74) is 0.862. The van der Waals surface area contributed by atoms with Gasteiger partial charge in [0.05, 0.1) is 5.56 Å². The second-order valence-electron chi connectivity index (χ2n) is 7.71. The summed E-state index contributed by atoms with van der Waals surface area (Å²) in [6.45, 7) is 1.42. The van der Waals surface area contributed by atoms with E-state index >= 15 is 0 Å². The van der Waals surface area contributed by atoms with E-state index in [-0.39, 0.29) is 11.8 Å². The Morgan fingerprint density at radius 2 is 2.08 bits per heavy atom. The highest BCUT2D eigenvalue weighted by Crippen LogP contribution is 2.47. The number of carbonyl (C=O) groups is 1. The number of nitrogens with one attached hydrogen (secondary N) is 1. The van der Waals surface area contributed by atoms with Crippen LogP contribution in [0, 0.1) is 23.2 Å². The Morgan fingerprint density at radius 3 is 2.73 bits per heavy atom. The number of nitrogens with zero attached hydrogens (tertiary/aromatic N) is 5. The van der Waals surface area contributed by atoms with E-state index < -0.39 is 0 Å². The molecule has 1 aliphatic heterocycles. The third-order valence-electron chi connectivity index (χ3n) is 5.82. The van der Waals surface area contributed by atoms with E-state index in [2.05, 4.69) is 15.2 Å². The van der Waals surface area contributed by atoms with Crippen molar-refractivity contribution in [1.82, 2.24) is 25.1 Å². The number of hydrogen-bond donors (Lipinski definition) is 1. The normalized spacial score (nSPS) is 25.3. The molecule has 3 heterocycles. The van der Waals surface area contributed by atoms with E-state index in [1.54, 1.807) is 12.1 Å². The third kappa shape index (κ3) is 2.75. The van der Waals surface area contributed by atoms with Crippen molar-refractivity contribution in [2.45, 2.75) is 37.5 Å². The van der Waals surface area contributed by atoms with E-state index in [0.29, 0.717) is 35.6 Å². The van der Waals surface area contributed by atoms with Gasteiger partial charge >= 0.3 is 0 Å². The van der Waals surface area contributed by atoms with Crippen molar-refractivity contribution < 1.29 is 4.79 Å². The zero-order valence-electron chi connectivity index (χ0n) is 14.4. The maximum atomic E-state index is 12.9. The first-order valence-electron chi connectivity index (χ1n) is 9.30. The molecule has 5 rings (SSSR count). The fourth-order valence-corrected chi connectivity index (χ4v) is 4.03. The second kappa shape index (κ2) is 5.90. The Balaban J connectivity index is 1.36. The topological polar surface area (TPSA) is 98.6 Å². The zero-order valence-corrected chi connectivity index (χ0v) is 14.4. The largest absolute Gasteiger partial charge is 0.338 e. The predicted molar refractivity (Wildman–Crippen MR) is 92.2 cm³/mol. The summed E-state index contributed by atoms with van der Waals surface area (Å²) in [5.74, 6) is 3.77. The van der Waals surface area contributed by atoms with Gasteiger partial charge < -0.3 is 4.90 Å². The first-order chi connectivity index (χ1) is 12.7. The number of carbonyl (C=O) groups excluding carboxylic acids is 1. The fraction of sp³-hybridized carbons (Fsp3) is 0.526. The van der Waals surface area contributed by atoms with Crippen LogP contribution in [-0.4, -0.2) is 44.1 Å². The lowest BCUT2D eigenvalue weighted by atomic mass is 9.91. The number of H-pyrrole nitrogens is 1. The van der Waals surface area contributed by atoms with Gasteiger partial charge in [0.25, 0.3) is 5.91 Å². The van der Waals surface area contributed by atoms with Crippen molar-refractivity contribution in [1.29, 1.82) is 5.26 Å². The molecule has 0 bridgehead atoms. The van der Waals surface area contributed by atoms with Crippen molar-refractivity contribution in [2.24, 2.45) is 11.8 Å². The van der Waals surface area contributed by atoms with Crippen LogP contribution in [0.2, 0.25) is 0 Å². The van der Waals surface area contributed by atoms with Crippen molar-refractivity contribution >= 4 is 5.91 Å². The van der Waals surface area contributed by atoms with Crippen LogP contribution in [-0.2, 0) is 0 Å². The van der Waals surface area contributed by atoms with Crippen molar-refractivity contribution in [2.75, 3.05) is 13.1 Å². The van der Waals surface area contributed by atoms with Gasteiger partial charge in [-0.3, -0.25) is 9.89 Å². The standard InChI is InChI=1S/C19H20N6O/c20-7-14-6-5-13(8-21-14)19(26)25-9-15(11-1-2-11)16(10-25)18-22-17(23-24-18)12-3-4-12/h5-6,8,11-12,15-16H,1-4,9-10H2,(H,22,23,24)/t15-,16+/m1/s1. The van der Waals surface area contributed by atoms with Gasteiger partial charge in [-0.1, -0.05) is 0 Å². The molecule has 2 atom stereocenters. The highest BCUT2D eigenvalue weighted by atomic mass is 16.2. The minimum Gasteiger partial charge on any atom is -0.338 e. The van der Waals surface area contributed by atoms with Crippen molar-refractivity contribution in [3.05, 3.63) is 41.2 Å². The third-order valence-corrected chi connectivity index (χ3v) is 5.82. The molecular formula is C19H20N6O. The summed E-state index contributed by atoms with van der Waals surface area (Å²) in [5, 5.41) is 16.4. The summed E-state index contributed by atoms with van der Waals surface area (Å²) in [4.78, 5) is 23.6. The maximum Gasteiger partial charge on any atom is 0.255 e. The van der Waals surface area contributed by atoms with Gasteiger partial charge in [-0.05, 0) is 49.7 Å². The van der Waals surface area contributed by atoms with Gasteiger partial charge in [0.15, 0.2) is 5.82 Å². The predicted octanol–water partition coefficient (Wildman–Crippen LogP) is 2.21. The van der Waals surface area contributed by atoms with Crippen molar-refractivity contribution in [3.63, 3.8) is 0 Å². The summed E-state index contributed by atoms with van der Waals surface area (Å²) < 4.78 is 0. The van der Waals surface area contributed by atoms with E-state index in [1.807, 2.05) is 11.0 Å². The lowest BCUT2D eigenvalue weighted by Crippen LogP contribution is -2.29. The number of likely N-dealkylation sites (tertiary alicyclic amines) is 1. The van der Waals surface area contributed by atoms with Crippen LogP contribution in [0.15, 0.2) is 18.3 Å². The summed E-state index contributed by atoms with van der Waals surface area (Å²) in [6.07, 6.45) is 6.35. The highest BCUT2D eigenvalue weighted by molar-refractivity contribution is 5.94. The average molecular weight is 348 g/mol. The molecule has 26 heavy (non-hydrogen) atoms. The summed E-state index contributed by atoms with van der Waals surface area (Å²) in [6, 6.07) is 5.26. The molecule has 7 heteroatoms. The molecule has 1 amide bonds. The quantitative estimate of drug-likeness (QED) is 0.913. The molecule has 1 N–H and O–H groups in total. The molecule has 0 radical (unpaired) electrons. The molecule has 2 aromatic heterocycles. The number of pyridine rings is 1. The monoisotopic (exact) mass is 348 g/mol. The van der Waals surface area contributed by atoms with Gasteiger partial charge in [-0.15, -0.1) is 0 Å². The highest BCUT2D eigenvalue weighted by Gasteiger charge is 2.46. The Bertz CT molecular complexity index is 874. The van der Waals surface area contributed by atoms with Crippen LogP contribution in [0.5, 0.6) is 0 Å². The van der Waals surface area contributed by atoms with E-state index in [9.17, 15) is 4.79 Å². The zero-order chi connectivity index (χ0) is 17.7. The molecule has 7 nitrogen and oxygen atoms in total. The molecule has 2 aromatic rings. The molecular weight excluding hydrogens is 328 g/mol. The molecule has 132 valence electrons. The summed E-state index contributed by atoms with van der Waals surface area (Å²) >= 11 is 0. The van der Waals surface area contributed by atoms with Crippen LogP contribution >= 0.6 is 0 Å². The van der Waals surface area contributed by atoms with Gasteiger partial charge in [-0.2, -0.15) is 10.4 Å². The molecule has 3 aliphatic rings. The van der Waals surface area contributed by atoms with Gasteiger partial charge in [-0.25, -0.2) is 9.97 Å².